The zero-order valence-corrected chi connectivity index (χ0v) is 12.1. The highest BCUT2D eigenvalue weighted by Gasteiger charge is 2.16. The monoisotopic (exact) mass is 310 g/mol. The standard InChI is InChI=1S/C13H14N2O5S/c1-14-21(16,17)13-5-3-10(20-13)7-15-9-2-4-11-12(6-9)19-8-18-11/h2-6,14-15H,7-8H2,1H3. The molecule has 0 unspecified atom stereocenters. The van der Waals surface area contributed by atoms with Gasteiger partial charge in [-0.3, -0.25) is 0 Å². The molecule has 0 aliphatic carbocycles. The van der Waals surface area contributed by atoms with Gasteiger partial charge in [-0.2, -0.15) is 0 Å². The third kappa shape index (κ3) is 2.81. The van der Waals surface area contributed by atoms with Crippen LogP contribution in [0.25, 0.3) is 0 Å². The van der Waals surface area contributed by atoms with Crippen molar-refractivity contribution in [3.05, 3.63) is 36.1 Å². The lowest BCUT2D eigenvalue weighted by Gasteiger charge is -2.05. The molecule has 0 fully saturated rings. The van der Waals surface area contributed by atoms with Crippen LogP contribution in [-0.2, 0) is 16.6 Å². The third-order valence-electron chi connectivity index (χ3n) is 3.01. The number of anilines is 1. The molecular weight excluding hydrogens is 296 g/mol. The summed E-state index contributed by atoms with van der Waals surface area (Å²) in [6.45, 7) is 0.584. The number of sulfonamides is 1. The van der Waals surface area contributed by atoms with Crippen molar-refractivity contribution in [2.24, 2.45) is 0 Å². The van der Waals surface area contributed by atoms with Gasteiger partial charge in [-0.1, -0.05) is 0 Å². The van der Waals surface area contributed by atoms with Gasteiger partial charge in [0.15, 0.2) is 11.5 Å². The molecule has 8 heteroatoms. The van der Waals surface area contributed by atoms with Gasteiger partial charge < -0.3 is 19.2 Å². The molecule has 1 aliphatic rings. The maximum absolute atomic E-state index is 11.6. The van der Waals surface area contributed by atoms with Crippen LogP contribution in [0.2, 0.25) is 0 Å². The van der Waals surface area contributed by atoms with E-state index in [4.69, 9.17) is 13.9 Å². The topological polar surface area (TPSA) is 89.8 Å². The van der Waals surface area contributed by atoms with Crippen molar-refractivity contribution in [1.29, 1.82) is 0 Å². The van der Waals surface area contributed by atoms with Crippen molar-refractivity contribution in [1.82, 2.24) is 4.72 Å². The zero-order chi connectivity index (χ0) is 14.9. The van der Waals surface area contributed by atoms with Crippen molar-refractivity contribution >= 4 is 15.7 Å². The Morgan fingerprint density at radius 2 is 1.95 bits per heavy atom. The first-order chi connectivity index (χ1) is 10.1. The number of ether oxygens (including phenoxy) is 2. The maximum Gasteiger partial charge on any atom is 0.273 e. The second-order valence-corrected chi connectivity index (χ2v) is 6.17. The molecule has 0 spiro atoms. The molecule has 1 aromatic heterocycles. The molecule has 0 amide bonds. The van der Waals surface area contributed by atoms with Crippen LogP contribution in [0.3, 0.4) is 0 Å². The van der Waals surface area contributed by atoms with Crippen molar-refractivity contribution in [3.8, 4) is 11.5 Å². The minimum absolute atomic E-state index is 0.104. The number of hydrogen-bond donors (Lipinski definition) is 2. The number of nitrogens with one attached hydrogen (secondary N) is 2. The fraction of sp³-hybridized carbons (Fsp3) is 0.231. The molecule has 21 heavy (non-hydrogen) atoms. The van der Waals surface area contributed by atoms with Crippen molar-refractivity contribution in [2.45, 2.75) is 11.6 Å². The van der Waals surface area contributed by atoms with Crippen LogP contribution in [0.1, 0.15) is 5.76 Å². The Balaban J connectivity index is 1.68. The number of rotatable bonds is 5. The predicted octanol–water partition coefficient (Wildman–Crippen LogP) is 1.53. The molecule has 0 atom stereocenters. The van der Waals surface area contributed by atoms with Crippen LogP contribution in [0.5, 0.6) is 11.5 Å². The van der Waals surface area contributed by atoms with Crippen molar-refractivity contribution in [3.63, 3.8) is 0 Å². The van der Waals surface area contributed by atoms with Crippen LogP contribution in [0.15, 0.2) is 39.8 Å². The highest BCUT2D eigenvalue weighted by molar-refractivity contribution is 7.89. The van der Waals surface area contributed by atoms with E-state index in [9.17, 15) is 8.42 Å². The molecule has 3 rings (SSSR count). The average Bonchev–Trinajstić information content (AvgIpc) is 3.13. The SMILES string of the molecule is CNS(=O)(=O)c1ccc(CNc2ccc3c(c2)OCO3)o1. The molecule has 0 bridgehead atoms. The lowest BCUT2D eigenvalue weighted by atomic mass is 10.2. The summed E-state index contributed by atoms with van der Waals surface area (Å²) >= 11 is 0. The zero-order valence-electron chi connectivity index (χ0n) is 11.3. The van der Waals surface area contributed by atoms with E-state index in [1.54, 1.807) is 6.07 Å². The Morgan fingerprint density at radius 3 is 2.76 bits per heavy atom. The Hall–Kier alpha value is -2.19. The molecule has 7 nitrogen and oxygen atoms in total. The molecule has 0 saturated heterocycles. The van der Waals surface area contributed by atoms with Gasteiger partial charge in [-0.15, -0.1) is 0 Å². The van der Waals surface area contributed by atoms with Gasteiger partial charge in [0.05, 0.1) is 6.54 Å². The summed E-state index contributed by atoms with van der Waals surface area (Å²) in [5, 5.41) is 3.02. The van der Waals surface area contributed by atoms with Crippen LogP contribution >= 0.6 is 0 Å². The normalized spacial score (nSPS) is 13.4. The van der Waals surface area contributed by atoms with Gasteiger partial charge in [0.1, 0.15) is 5.76 Å². The molecule has 0 radical (unpaired) electrons. The van der Waals surface area contributed by atoms with Gasteiger partial charge in [0.2, 0.25) is 11.9 Å². The Bertz CT molecular complexity index is 754. The average molecular weight is 310 g/mol. The molecular formula is C13H14N2O5S. The minimum atomic E-state index is -3.55. The highest BCUT2D eigenvalue weighted by Crippen LogP contribution is 2.34. The third-order valence-corrected chi connectivity index (χ3v) is 4.30. The Morgan fingerprint density at radius 1 is 1.14 bits per heavy atom. The van der Waals surface area contributed by atoms with Crippen LogP contribution in [0, 0.1) is 0 Å². The number of hydrogen-bond acceptors (Lipinski definition) is 6. The van der Waals surface area contributed by atoms with Crippen molar-refractivity contribution in [2.75, 3.05) is 19.2 Å². The summed E-state index contributed by atoms with van der Waals surface area (Å²) < 4.78 is 41.1. The first kappa shape index (κ1) is 13.8. The van der Waals surface area contributed by atoms with E-state index in [-0.39, 0.29) is 11.9 Å². The predicted molar refractivity (Wildman–Crippen MR) is 74.8 cm³/mol. The largest absolute Gasteiger partial charge is 0.454 e. The summed E-state index contributed by atoms with van der Waals surface area (Å²) in [5.74, 6) is 1.90. The summed E-state index contributed by atoms with van der Waals surface area (Å²) in [5.41, 5.74) is 0.827. The smallest absolute Gasteiger partial charge is 0.273 e. The lowest BCUT2D eigenvalue weighted by Crippen LogP contribution is -2.17. The summed E-state index contributed by atoms with van der Waals surface area (Å²) in [6, 6.07) is 8.51. The lowest BCUT2D eigenvalue weighted by molar-refractivity contribution is 0.174. The second kappa shape index (κ2) is 5.30. The van der Waals surface area contributed by atoms with Gasteiger partial charge in [-0.25, -0.2) is 13.1 Å². The molecule has 2 aromatic rings. The Kier molecular flexibility index (Phi) is 3.48. The highest BCUT2D eigenvalue weighted by atomic mass is 32.2. The van der Waals surface area contributed by atoms with E-state index in [2.05, 4.69) is 10.0 Å². The van der Waals surface area contributed by atoms with Gasteiger partial charge in [-0.05, 0) is 31.3 Å². The van der Waals surface area contributed by atoms with E-state index in [1.165, 1.54) is 13.1 Å². The van der Waals surface area contributed by atoms with E-state index in [1.807, 2.05) is 18.2 Å². The minimum Gasteiger partial charge on any atom is -0.454 e. The summed E-state index contributed by atoms with van der Waals surface area (Å²) in [7, 11) is -2.21. The van der Waals surface area contributed by atoms with E-state index >= 15 is 0 Å². The van der Waals surface area contributed by atoms with Gasteiger partial charge in [0, 0.05) is 11.8 Å². The molecule has 1 aliphatic heterocycles. The number of furan rings is 1. The molecule has 0 saturated carbocycles. The van der Waals surface area contributed by atoms with E-state index in [0.717, 1.165) is 5.69 Å². The number of fused-ring (bicyclic) bond motifs is 1. The first-order valence-corrected chi connectivity index (χ1v) is 7.72. The molecule has 2 heterocycles. The summed E-state index contributed by atoms with van der Waals surface area (Å²) in [4.78, 5) is 0. The van der Waals surface area contributed by atoms with Crippen molar-refractivity contribution < 1.29 is 22.3 Å². The number of benzene rings is 1. The van der Waals surface area contributed by atoms with E-state index in [0.29, 0.717) is 23.8 Å². The van der Waals surface area contributed by atoms with E-state index < -0.39 is 10.0 Å². The van der Waals surface area contributed by atoms with Crippen LogP contribution in [0.4, 0.5) is 5.69 Å². The summed E-state index contributed by atoms with van der Waals surface area (Å²) in [6.07, 6.45) is 0. The maximum atomic E-state index is 11.6. The van der Waals surface area contributed by atoms with Gasteiger partial charge >= 0.3 is 0 Å². The second-order valence-electron chi connectivity index (χ2n) is 4.35. The Labute approximate surface area is 121 Å². The van der Waals surface area contributed by atoms with Gasteiger partial charge in [0.25, 0.3) is 10.0 Å². The van der Waals surface area contributed by atoms with Crippen LogP contribution < -0.4 is 19.5 Å². The molecule has 2 N–H and O–H groups in total. The fourth-order valence-electron chi connectivity index (χ4n) is 1.89. The molecule has 1 aromatic carbocycles. The fourth-order valence-corrected chi connectivity index (χ4v) is 2.56. The first-order valence-electron chi connectivity index (χ1n) is 6.24. The quantitative estimate of drug-likeness (QED) is 0.870. The molecule has 112 valence electrons. The van der Waals surface area contributed by atoms with Crippen LogP contribution in [-0.4, -0.2) is 22.3 Å².